The van der Waals surface area contributed by atoms with E-state index >= 15 is 0 Å². The molecule has 1 atom stereocenters. The summed E-state index contributed by atoms with van der Waals surface area (Å²) in [5, 5.41) is 7.17. The number of fused-ring (bicyclic) bond motifs is 1. The van der Waals surface area contributed by atoms with Crippen LogP contribution in [-0.2, 0) is 9.63 Å². The van der Waals surface area contributed by atoms with Crippen molar-refractivity contribution in [3.63, 3.8) is 0 Å². The highest BCUT2D eigenvalue weighted by Gasteiger charge is 2.28. The lowest BCUT2D eigenvalue weighted by Crippen LogP contribution is -2.28. The van der Waals surface area contributed by atoms with Gasteiger partial charge in [-0.15, -0.1) is 0 Å². The van der Waals surface area contributed by atoms with Gasteiger partial charge in [0.05, 0.1) is 22.9 Å². The van der Waals surface area contributed by atoms with E-state index in [9.17, 15) is 9.59 Å². The van der Waals surface area contributed by atoms with Gasteiger partial charge in [-0.1, -0.05) is 35.5 Å². The molecule has 0 bridgehead atoms. The van der Waals surface area contributed by atoms with Crippen molar-refractivity contribution in [3.05, 3.63) is 70.8 Å². The maximum atomic E-state index is 12.4. The third kappa shape index (κ3) is 2.99. The van der Waals surface area contributed by atoms with Gasteiger partial charge >= 0.3 is 0 Å². The number of carbonyl (C=O) groups is 1. The van der Waals surface area contributed by atoms with Crippen LogP contribution < -0.4 is 10.9 Å². The molecule has 0 radical (unpaired) electrons. The lowest BCUT2D eigenvalue weighted by Gasteiger charge is -2.10. The number of aromatic amines is 1. The zero-order valence-electron chi connectivity index (χ0n) is 13.1. The first-order chi connectivity index (χ1) is 12.2. The van der Waals surface area contributed by atoms with E-state index in [4.69, 9.17) is 4.84 Å². The van der Waals surface area contributed by atoms with Crippen molar-refractivity contribution < 1.29 is 9.63 Å². The fourth-order valence-electron chi connectivity index (χ4n) is 2.69. The van der Waals surface area contributed by atoms with Crippen LogP contribution in [0.3, 0.4) is 0 Å². The van der Waals surface area contributed by atoms with Gasteiger partial charge in [-0.3, -0.25) is 9.59 Å². The number of oxime groups is 1. The Morgan fingerprint density at radius 1 is 1.20 bits per heavy atom. The number of hydrogen-bond acceptors (Lipinski definition) is 5. The Kier molecular flexibility index (Phi) is 3.74. The summed E-state index contributed by atoms with van der Waals surface area (Å²) < 4.78 is 0. The second kappa shape index (κ2) is 6.20. The first-order valence-electron chi connectivity index (χ1n) is 7.77. The molecule has 0 saturated carbocycles. The molecule has 2 heterocycles. The Morgan fingerprint density at radius 3 is 2.88 bits per heavy atom. The molecule has 4 rings (SSSR count). The first-order valence-corrected chi connectivity index (χ1v) is 7.77. The van der Waals surface area contributed by atoms with Gasteiger partial charge in [0.15, 0.2) is 0 Å². The lowest BCUT2D eigenvalue weighted by molar-refractivity contribution is -0.125. The van der Waals surface area contributed by atoms with Crippen LogP contribution >= 0.6 is 0 Å². The number of hydrogen-bond donors (Lipinski definition) is 2. The Hall–Kier alpha value is -3.48. The summed E-state index contributed by atoms with van der Waals surface area (Å²) in [7, 11) is 0. The van der Waals surface area contributed by atoms with Crippen molar-refractivity contribution >= 4 is 28.2 Å². The summed E-state index contributed by atoms with van der Waals surface area (Å²) in [5.41, 5.74) is 2.48. The number of amides is 1. The van der Waals surface area contributed by atoms with Crippen LogP contribution in [0, 0.1) is 0 Å². The molecular weight excluding hydrogens is 320 g/mol. The van der Waals surface area contributed by atoms with Crippen molar-refractivity contribution in [2.24, 2.45) is 5.16 Å². The molecule has 0 saturated heterocycles. The second-order valence-corrected chi connectivity index (χ2v) is 5.66. The van der Waals surface area contributed by atoms with E-state index in [-0.39, 0.29) is 11.5 Å². The molecule has 3 aromatic rings. The van der Waals surface area contributed by atoms with Gasteiger partial charge in [-0.2, -0.15) is 0 Å². The van der Waals surface area contributed by atoms with E-state index in [1.165, 1.54) is 6.33 Å². The Balaban J connectivity index is 1.48. The van der Waals surface area contributed by atoms with Crippen LogP contribution in [0.5, 0.6) is 0 Å². The SMILES string of the molecule is O=C(Nc1ccc2nc[nH]c(=O)c2c1)C1CC(c2ccccc2)=NO1. The Labute approximate surface area is 142 Å². The lowest BCUT2D eigenvalue weighted by atomic mass is 10.0. The molecule has 7 heteroatoms. The number of H-pyrrole nitrogens is 1. The second-order valence-electron chi connectivity index (χ2n) is 5.66. The third-order valence-electron chi connectivity index (χ3n) is 3.98. The average Bonchev–Trinajstić information content (AvgIpc) is 3.13. The molecule has 2 N–H and O–H groups in total. The van der Waals surface area contributed by atoms with Gasteiger partial charge < -0.3 is 15.1 Å². The van der Waals surface area contributed by atoms with Crippen molar-refractivity contribution in [1.82, 2.24) is 9.97 Å². The highest BCUT2D eigenvalue weighted by molar-refractivity contribution is 6.06. The first kappa shape index (κ1) is 15.1. The fourth-order valence-corrected chi connectivity index (χ4v) is 2.69. The van der Waals surface area contributed by atoms with Crippen LogP contribution in [0.4, 0.5) is 5.69 Å². The smallest absolute Gasteiger partial charge is 0.268 e. The van der Waals surface area contributed by atoms with Gasteiger partial charge in [0.1, 0.15) is 0 Å². The van der Waals surface area contributed by atoms with Gasteiger partial charge in [-0.05, 0) is 23.8 Å². The summed E-state index contributed by atoms with van der Waals surface area (Å²) in [6, 6.07) is 14.5. The summed E-state index contributed by atoms with van der Waals surface area (Å²) in [5.74, 6) is -0.311. The van der Waals surface area contributed by atoms with Crippen LogP contribution in [0.15, 0.2) is 64.8 Å². The fraction of sp³-hybridized carbons (Fsp3) is 0.111. The monoisotopic (exact) mass is 334 g/mol. The maximum Gasteiger partial charge on any atom is 0.268 e. The molecule has 0 aliphatic carbocycles. The quantitative estimate of drug-likeness (QED) is 0.766. The van der Waals surface area contributed by atoms with Crippen molar-refractivity contribution in [3.8, 4) is 0 Å². The minimum Gasteiger partial charge on any atom is -0.382 e. The van der Waals surface area contributed by atoms with E-state index < -0.39 is 6.10 Å². The van der Waals surface area contributed by atoms with Gasteiger partial charge in [0.2, 0.25) is 6.10 Å². The minimum atomic E-state index is -0.696. The third-order valence-corrected chi connectivity index (χ3v) is 3.98. The molecule has 124 valence electrons. The standard InChI is InChI=1S/C18H14N4O3/c23-17-13-8-12(6-7-14(13)19-10-20-17)21-18(24)16-9-15(22-25-16)11-4-2-1-3-5-11/h1-8,10,16H,9H2,(H,21,24)(H,19,20,23). The number of anilines is 1. The predicted octanol–water partition coefficient (Wildman–Crippen LogP) is 2.05. The molecule has 1 unspecified atom stereocenters. The summed E-state index contributed by atoms with van der Waals surface area (Å²) >= 11 is 0. The molecule has 0 spiro atoms. The molecule has 1 aliphatic rings. The molecule has 0 fully saturated rings. The van der Waals surface area contributed by atoms with Crippen molar-refractivity contribution in [2.75, 3.05) is 5.32 Å². The summed E-state index contributed by atoms with van der Waals surface area (Å²) in [6.45, 7) is 0. The van der Waals surface area contributed by atoms with Gasteiger partial charge in [0, 0.05) is 12.1 Å². The van der Waals surface area contributed by atoms with Crippen LogP contribution in [-0.4, -0.2) is 27.7 Å². The molecule has 1 aliphatic heterocycles. The number of nitrogens with zero attached hydrogens (tertiary/aromatic N) is 2. The highest BCUT2D eigenvalue weighted by atomic mass is 16.6. The van der Waals surface area contributed by atoms with E-state index in [1.807, 2.05) is 30.3 Å². The summed E-state index contributed by atoms with van der Waals surface area (Å²) in [6.07, 6.45) is 1.04. The molecule has 1 aromatic heterocycles. The minimum absolute atomic E-state index is 0.257. The molecule has 25 heavy (non-hydrogen) atoms. The van der Waals surface area contributed by atoms with Crippen LogP contribution in [0.25, 0.3) is 10.9 Å². The maximum absolute atomic E-state index is 12.4. The van der Waals surface area contributed by atoms with Crippen molar-refractivity contribution in [1.29, 1.82) is 0 Å². The zero-order chi connectivity index (χ0) is 17.2. The average molecular weight is 334 g/mol. The van der Waals surface area contributed by atoms with Gasteiger partial charge in [0.25, 0.3) is 11.5 Å². The van der Waals surface area contributed by atoms with E-state index in [1.54, 1.807) is 18.2 Å². The van der Waals surface area contributed by atoms with Crippen LogP contribution in [0.1, 0.15) is 12.0 Å². The number of aromatic nitrogens is 2. The Bertz CT molecular complexity index is 1030. The molecule has 2 aromatic carbocycles. The molecular formula is C18H14N4O3. The predicted molar refractivity (Wildman–Crippen MR) is 93.5 cm³/mol. The zero-order valence-corrected chi connectivity index (χ0v) is 13.1. The molecule has 1 amide bonds. The normalized spacial score (nSPS) is 16.3. The number of nitrogens with one attached hydrogen (secondary N) is 2. The highest BCUT2D eigenvalue weighted by Crippen LogP contribution is 2.19. The van der Waals surface area contributed by atoms with E-state index in [2.05, 4.69) is 20.4 Å². The number of rotatable bonds is 3. The van der Waals surface area contributed by atoms with Crippen LogP contribution in [0.2, 0.25) is 0 Å². The molecule has 7 nitrogen and oxygen atoms in total. The largest absolute Gasteiger partial charge is 0.382 e. The number of carbonyl (C=O) groups excluding carboxylic acids is 1. The topological polar surface area (TPSA) is 96.4 Å². The van der Waals surface area contributed by atoms with E-state index in [0.29, 0.717) is 23.0 Å². The van der Waals surface area contributed by atoms with Gasteiger partial charge in [-0.25, -0.2) is 4.98 Å². The van der Waals surface area contributed by atoms with Crippen molar-refractivity contribution in [2.45, 2.75) is 12.5 Å². The summed E-state index contributed by atoms with van der Waals surface area (Å²) in [4.78, 5) is 36.1. The van der Waals surface area contributed by atoms with E-state index in [0.717, 1.165) is 11.3 Å². The Morgan fingerprint density at radius 2 is 2.04 bits per heavy atom. The number of benzene rings is 2.